The van der Waals surface area contributed by atoms with E-state index in [1.54, 1.807) is 37.8 Å². The van der Waals surface area contributed by atoms with Crippen LogP contribution in [0.1, 0.15) is 19.5 Å². The summed E-state index contributed by atoms with van der Waals surface area (Å²) in [5, 5.41) is 12.7. The van der Waals surface area contributed by atoms with E-state index in [1.807, 2.05) is 0 Å². The highest BCUT2D eigenvalue weighted by atomic mass is 16.5. The van der Waals surface area contributed by atoms with Gasteiger partial charge in [-0.25, -0.2) is 0 Å². The predicted molar refractivity (Wildman–Crippen MR) is 67.3 cm³/mol. The highest BCUT2D eigenvalue weighted by Gasteiger charge is 2.19. The molecule has 0 unspecified atom stereocenters. The maximum Gasteiger partial charge on any atom is 0.323 e. The second-order valence-corrected chi connectivity index (χ2v) is 4.45. The van der Waals surface area contributed by atoms with Gasteiger partial charge in [0.05, 0.1) is 12.3 Å². The largest absolute Gasteiger partial charge is 0.480 e. The van der Waals surface area contributed by atoms with Crippen molar-refractivity contribution in [2.24, 2.45) is 7.05 Å². The first-order chi connectivity index (χ1) is 8.91. The second kappa shape index (κ2) is 6.89. The molecule has 19 heavy (non-hydrogen) atoms. The number of nitrogens with zero attached hydrogens (tertiary/aromatic N) is 3. The van der Waals surface area contributed by atoms with Gasteiger partial charge in [0, 0.05) is 19.3 Å². The van der Waals surface area contributed by atoms with Crippen LogP contribution in [0, 0.1) is 0 Å². The summed E-state index contributed by atoms with van der Waals surface area (Å²) in [6, 6.07) is 1.62. The van der Waals surface area contributed by atoms with E-state index < -0.39 is 5.97 Å². The third-order valence-electron chi connectivity index (χ3n) is 2.65. The van der Waals surface area contributed by atoms with E-state index >= 15 is 0 Å². The van der Waals surface area contributed by atoms with Crippen molar-refractivity contribution in [3.63, 3.8) is 0 Å². The fourth-order valence-corrected chi connectivity index (χ4v) is 1.57. The molecule has 0 saturated heterocycles. The summed E-state index contributed by atoms with van der Waals surface area (Å²) in [5.41, 5.74) is 0.849. The van der Waals surface area contributed by atoms with E-state index in [2.05, 4.69) is 5.10 Å². The highest BCUT2D eigenvalue weighted by Crippen LogP contribution is 2.02. The summed E-state index contributed by atoms with van der Waals surface area (Å²) in [6.07, 6.45) is 1.64. The Morgan fingerprint density at radius 3 is 2.68 bits per heavy atom. The summed E-state index contributed by atoms with van der Waals surface area (Å²) in [6.45, 7) is 3.34. The molecule has 0 spiro atoms. The van der Waals surface area contributed by atoms with E-state index in [9.17, 15) is 9.59 Å². The first kappa shape index (κ1) is 15.2. The Balaban J connectivity index is 2.44. The van der Waals surface area contributed by atoms with Gasteiger partial charge in [-0.2, -0.15) is 5.10 Å². The van der Waals surface area contributed by atoms with Crippen molar-refractivity contribution >= 4 is 11.9 Å². The molecule has 7 nitrogen and oxygen atoms in total. The average molecular weight is 269 g/mol. The number of carboxylic acid groups (broad SMARTS) is 1. The lowest BCUT2D eigenvalue weighted by Gasteiger charge is -2.24. The zero-order chi connectivity index (χ0) is 14.4. The minimum atomic E-state index is -1.03. The van der Waals surface area contributed by atoms with Gasteiger partial charge in [-0.3, -0.25) is 14.3 Å². The van der Waals surface area contributed by atoms with E-state index in [0.29, 0.717) is 0 Å². The van der Waals surface area contributed by atoms with Gasteiger partial charge in [-0.1, -0.05) is 0 Å². The number of aromatic nitrogens is 2. The van der Waals surface area contributed by atoms with Crippen molar-refractivity contribution in [3.05, 3.63) is 18.0 Å². The average Bonchev–Trinajstić information content (AvgIpc) is 2.71. The minimum Gasteiger partial charge on any atom is -0.480 e. The van der Waals surface area contributed by atoms with Gasteiger partial charge in [-0.15, -0.1) is 0 Å². The van der Waals surface area contributed by atoms with Gasteiger partial charge >= 0.3 is 5.97 Å². The Bertz CT molecular complexity index is 442. The molecule has 0 atom stereocenters. The molecular formula is C12H19N3O4. The first-order valence-corrected chi connectivity index (χ1v) is 5.97. The minimum absolute atomic E-state index is 0.142. The molecule has 0 bridgehead atoms. The molecule has 7 heteroatoms. The molecule has 0 aromatic carbocycles. The Hall–Kier alpha value is -1.89. The second-order valence-electron chi connectivity index (χ2n) is 4.45. The van der Waals surface area contributed by atoms with Crippen LogP contribution >= 0.6 is 0 Å². The maximum atomic E-state index is 11.8. The Morgan fingerprint density at radius 2 is 2.21 bits per heavy atom. The molecule has 1 aromatic heterocycles. The number of hydrogen-bond acceptors (Lipinski definition) is 4. The van der Waals surface area contributed by atoms with Crippen molar-refractivity contribution in [1.29, 1.82) is 0 Å². The third kappa shape index (κ3) is 4.70. The SMILES string of the molecule is CC(C)N(CC(=O)O)C(=O)COCc1ccnn1C. The Labute approximate surface area is 111 Å². The lowest BCUT2D eigenvalue weighted by Crippen LogP contribution is -2.42. The monoisotopic (exact) mass is 269 g/mol. The van der Waals surface area contributed by atoms with E-state index in [4.69, 9.17) is 9.84 Å². The van der Waals surface area contributed by atoms with Crippen molar-refractivity contribution in [2.75, 3.05) is 13.2 Å². The van der Waals surface area contributed by atoms with Crippen LogP contribution in [0.2, 0.25) is 0 Å². The number of carboxylic acids is 1. The summed E-state index contributed by atoms with van der Waals surface area (Å²) in [4.78, 5) is 23.8. The summed E-state index contributed by atoms with van der Waals surface area (Å²) in [7, 11) is 1.78. The molecule has 0 aliphatic carbocycles. The fourth-order valence-electron chi connectivity index (χ4n) is 1.57. The van der Waals surface area contributed by atoms with Gasteiger partial charge in [-0.05, 0) is 19.9 Å². The molecule has 0 radical (unpaired) electrons. The summed E-state index contributed by atoms with van der Waals surface area (Å²) < 4.78 is 6.94. The van der Waals surface area contributed by atoms with Crippen molar-refractivity contribution < 1.29 is 19.4 Å². The van der Waals surface area contributed by atoms with E-state index in [1.165, 1.54) is 4.90 Å². The smallest absolute Gasteiger partial charge is 0.323 e. The van der Waals surface area contributed by atoms with Crippen LogP contribution in [-0.4, -0.2) is 50.9 Å². The van der Waals surface area contributed by atoms with E-state index in [-0.39, 0.29) is 31.7 Å². The predicted octanol–water partition coefficient (Wildman–Crippen LogP) is 0.258. The topological polar surface area (TPSA) is 84.7 Å². The van der Waals surface area contributed by atoms with Gasteiger partial charge in [0.1, 0.15) is 13.2 Å². The molecule has 1 aromatic rings. The number of ether oxygens (including phenoxy) is 1. The molecule has 0 aliphatic rings. The molecule has 0 fully saturated rings. The molecule has 0 aliphatic heterocycles. The van der Waals surface area contributed by atoms with Gasteiger partial charge < -0.3 is 14.7 Å². The number of carbonyl (C=O) groups excluding carboxylic acids is 1. The van der Waals surface area contributed by atoms with Crippen LogP contribution in [0.15, 0.2) is 12.3 Å². The van der Waals surface area contributed by atoms with Gasteiger partial charge in [0.15, 0.2) is 0 Å². The molecule has 106 valence electrons. The van der Waals surface area contributed by atoms with Crippen molar-refractivity contribution in [2.45, 2.75) is 26.5 Å². The van der Waals surface area contributed by atoms with Crippen LogP contribution in [0.25, 0.3) is 0 Å². The number of rotatable bonds is 7. The molecule has 1 amide bonds. The van der Waals surface area contributed by atoms with Gasteiger partial charge in [0.2, 0.25) is 5.91 Å². The Kier molecular flexibility index (Phi) is 5.50. The van der Waals surface area contributed by atoms with Crippen molar-refractivity contribution in [1.82, 2.24) is 14.7 Å². The van der Waals surface area contributed by atoms with Crippen molar-refractivity contribution in [3.8, 4) is 0 Å². The zero-order valence-electron chi connectivity index (χ0n) is 11.4. The first-order valence-electron chi connectivity index (χ1n) is 5.97. The van der Waals surface area contributed by atoms with E-state index in [0.717, 1.165) is 5.69 Å². The highest BCUT2D eigenvalue weighted by molar-refractivity contribution is 5.82. The molecule has 1 N–H and O–H groups in total. The van der Waals surface area contributed by atoms with Crippen LogP contribution in [0.3, 0.4) is 0 Å². The zero-order valence-corrected chi connectivity index (χ0v) is 11.4. The molecular weight excluding hydrogens is 250 g/mol. The quantitative estimate of drug-likeness (QED) is 0.767. The molecule has 1 heterocycles. The van der Waals surface area contributed by atoms with Gasteiger partial charge in [0.25, 0.3) is 0 Å². The summed E-state index contributed by atoms with van der Waals surface area (Å²) >= 11 is 0. The number of carbonyl (C=O) groups is 2. The van der Waals surface area contributed by atoms with Crippen LogP contribution in [0.4, 0.5) is 0 Å². The Morgan fingerprint density at radius 1 is 1.53 bits per heavy atom. The van der Waals surface area contributed by atoms with Crippen LogP contribution in [-0.2, 0) is 28.0 Å². The molecule has 1 rings (SSSR count). The lowest BCUT2D eigenvalue weighted by molar-refractivity contribution is -0.148. The number of aryl methyl sites for hydroxylation is 1. The third-order valence-corrected chi connectivity index (χ3v) is 2.65. The lowest BCUT2D eigenvalue weighted by atomic mass is 10.3. The number of hydrogen-bond donors (Lipinski definition) is 1. The summed E-state index contributed by atoms with van der Waals surface area (Å²) in [5.74, 6) is -1.37. The van der Waals surface area contributed by atoms with Crippen LogP contribution < -0.4 is 0 Å². The number of aliphatic carboxylic acids is 1. The van der Waals surface area contributed by atoms with Crippen LogP contribution in [0.5, 0.6) is 0 Å². The normalized spacial score (nSPS) is 10.7. The number of amides is 1. The standard InChI is InChI=1S/C12H19N3O4/c1-9(2)15(6-12(17)18)11(16)8-19-7-10-4-5-13-14(10)3/h4-5,9H,6-8H2,1-3H3,(H,17,18). The molecule has 0 saturated carbocycles. The maximum absolute atomic E-state index is 11.8. The fraction of sp³-hybridized carbons (Fsp3) is 0.583.